The van der Waals surface area contributed by atoms with E-state index in [1.54, 1.807) is 0 Å². The Morgan fingerprint density at radius 2 is 1.65 bits per heavy atom. The van der Waals surface area contributed by atoms with Gasteiger partial charge in [-0.05, 0) is 30.2 Å². The van der Waals surface area contributed by atoms with E-state index in [-0.39, 0.29) is 18.0 Å². The molecular formula is C16H15N3O. The smallest absolute Gasteiger partial charge is 0.231 e. The third-order valence-corrected chi connectivity index (χ3v) is 4.04. The third-order valence-electron chi connectivity index (χ3n) is 4.04. The van der Waals surface area contributed by atoms with Crippen molar-refractivity contribution in [3.8, 4) is 0 Å². The predicted molar refractivity (Wildman–Crippen MR) is 79.9 cm³/mol. The number of anilines is 3. The number of carbonyl (C=O) groups is 1. The van der Waals surface area contributed by atoms with Gasteiger partial charge in [0.1, 0.15) is 6.17 Å². The van der Waals surface area contributed by atoms with Crippen LogP contribution in [0.15, 0.2) is 42.5 Å². The Bertz CT molecular complexity index is 696. The van der Waals surface area contributed by atoms with Gasteiger partial charge in [-0.25, -0.2) is 0 Å². The number of carbonyl (C=O) groups excluding carboxylic acids is 1. The van der Waals surface area contributed by atoms with Gasteiger partial charge in [-0.1, -0.05) is 30.3 Å². The van der Waals surface area contributed by atoms with Crippen molar-refractivity contribution >= 4 is 23.0 Å². The maximum Gasteiger partial charge on any atom is 0.231 e. The summed E-state index contributed by atoms with van der Waals surface area (Å²) in [5.74, 6) is -0.00356. The van der Waals surface area contributed by atoms with Gasteiger partial charge < -0.3 is 16.0 Å². The summed E-state index contributed by atoms with van der Waals surface area (Å²) in [6.45, 7) is 1.94. The number of hydrogen-bond donors (Lipinski definition) is 3. The van der Waals surface area contributed by atoms with Gasteiger partial charge in [0.2, 0.25) is 5.91 Å². The second-order valence-corrected chi connectivity index (χ2v) is 5.33. The molecule has 3 N–H and O–H groups in total. The van der Waals surface area contributed by atoms with Crippen LogP contribution in [-0.2, 0) is 4.79 Å². The zero-order chi connectivity index (χ0) is 13.7. The molecule has 2 unspecified atom stereocenters. The summed E-state index contributed by atoms with van der Waals surface area (Å²) in [7, 11) is 0. The summed E-state index contributed by atoms with van der Waals surface area (Å²) >= 11 is 0. The minimum absolute atomic E-state index is 0.0725. The lowest BCUT2D eigenvalue weighted by Gasteiger charge is -2.12. The van der Waals surface area contributed by atoms with Gasteiger partial charge in [0, 0.05) is 5.69 Å². The maximum absolute atomic E-state index is 11.7. The first kappa shape index (κ1) is 11.3. The number of amides is 1. The summed E-state index contributed by atoms with van der Waals surface area (Å²) in [6.07, 6.45) is 0.0831. The highest BCUT2D eigenvalue weighted by molar-refractivity contribution is 6.04. The molecule has 0 aliphatic carbocycles. The van der Waals surface area contributed by atoms with Crippen molar-refractivity contribution in [1.82, 2.24) is 0 Å². The van der Waals surface area contributed by atoms with Crippen LogP contribution in [0.2, 0.25) is 0 Å². The van der Waals surface area contributed by atoms with Gasteiger partial charge in [0.05, 0.1) is 17.3 Å². The van der Waals surface area contributed by atoms with Crippen molar-refractivity contribution in [1.29, 1.82) is 0 Å². The van der Waals surface area contributed by atoms with Crippen LogP contribution < -0.4 is 16.0 Å². The fraction of sp³-hybridized carbons (Fsp3) is 0.188. The van der Waals surface area contributed by atoms with Crippen LogP contribution in [0.3, 0.4) is 0 Å². The molecule has 2 heterocycles. The van der Waals surface area contributed by atoms with Crippen LogP contribution in [0, 0.1) is 0 Å². The van der Waals surface area contributed by atoms with Crippen LogP contribution in [0.25, 0.3) is 0 Å². The number of benzene rings is 2. The molecule has 0 saturated heterocycles. The van der Waals surface area contributed by atoms with Crippen molar-refractivity contribution in [2.24, 2.45) is 0 Å². The molecule has 0 fully saturated rings. The van der Waals surface area contributed by atoms with Crippen molar-refractivity contribution in [2.75, 3.05) is 16.0 Å². The lowest BCUT2D eigenvalue weighted by Crippen LogP contribution is -2.12. The monoisotopic (exact) mass is 265 g/mol. The first-order valence-corrected chi connectivity index (χ1v) is 6.79. The minimum Gasteiger partial charge on any atom is -0.360 e. The normalized spacial score (nSPS) is 22.6. The van der Waals surface area contributed by atoms with Gasteiger partial charge in [-0.15, -0.1) is 0 Å². The van der Waals surface area contributed by atoms with Gasteiger partial charge in [-0.3, -0.25) is 4.79 Å². The number of hydrogen-bond acceptors (Lipinski definition) is 3. The number of fused-ring (bicyclic) bond motifs is 2. The Labute approximate surface area is 117 Å². The molecule has 2 aliphatic heterocycles. The summed E-state index contributed by atoms with van der Waals surface area (Å²) < 4.78 is 0. The Hall–Kier alpha value is -2.49. The van der Waals surface area contributed by atoms with Crippen LogP contribution in [0.5, 0.6) is 0 Å². The van der Waals surface area contributed by atoms with Gasteiger partial charge in [-0.2, -0.15) is 0 Å². The highest BCUT2D eigenvalue weighted by Gasteiger charge is 2.30. The molecule has 0 radical (unpaired) electrons. The quantitative estimate of drug-likeness (QED) is 0.741. The van der Waals surface area contributed by atoms with Gasteiger partial charge in [0.25, 0.3) is 0 Å². The fourth-order valence-corrected chi connectivity index (χ4v) is 2.86. The Morgan fingerprint density at radius 3 is 2.40 bits per heavy atom. The molecule has 2 atom stereocenters. The topological polar surface area (TPSA) is 53.2 Å². The van der Waals surface area contributed by atoms with E-state index >= 15 is 0 Å². The van der Waals surface area contributed by atoms with E-state index < -0.39 is 0 Å². The molecule has 1 amide bonds. The minimum atomic E-state index is -0.0760. The average Bonchev–Trinajstić information content (AvgIpc) is 3.00. The van der Waals surface area contributed by atoms with E-state index in [9.17, 15) is 4.79 Å². The van der Waals surface area contributed by atoms with Crippen molar-refractivity contribution in [3.05, 3.63) is 53.6 Å². The second-order valence-electron chi connectivity index (χ2n) is 5.33. The summed E-state index contributed by atoms with van der Waals surface area (Å²) in [5, 5.41) is 9.84. The standard InChI is InChI=1S/C16H15N3O/c1-9-11-7-13-14(8-12(11)19-16(9)20)18-15(17-13)10-5-3-2-4-6-10/h2-9,15,17-18H,1H3,(H,19,20). The molecule has 2 aromatic carbocycles. The predicted octanol–water partition coefficient (Wildman–Crippen LogP) is 3.28. The summed E-state index contributed by atoms with van der Waals surface area (Å²) in [5.41, 5.74) is 5.27. The molecular weight excluding hydrogens is 250 g/mol. The second kappa shape index (κ2) is 4.00. The Kier molecular flexibility index (Phi) is 2.27. The molecule has 0 spiro atoms. The maximum atomic E-state index is 11.7. The first-order chi connectivity index (χ1) is 9.72. The lowest BCUT2D eigenvalue weighted by molar-refractivity contribution is -0.116. The van der Waals surface area contributed by atoms with E-state index in [1.165, 1.54) is 5.56 Å². The SMILES string of the molecule is CC1C(=O)Nc2cc3c(cc21)NC(c1ccccc1)N3. The molecule has 0 bridgehead atoms. The first-order valence-electron chi connectivity index (χ1n) is 6.79. The molecule has 4 nitrogen and oxygen atoms in total. The van der Waals surface area contributed by atoms with Crippen LogP contribution in [0.1, 0.15) is 30.1 Å². The highest BCUT2D eigenvalue weighted by Crippen LogP contribution is 2.43. The fourth-order valence-electron chi connectivity index (χ4n) is 2.86. The summed E-state index contributed by atoms with van der Waals surface area (Å²) in [4.78, 5) is 11.7. The third kappa shape index (κ3) is 1.58. The molecule has 20 heavy (non-hydrogen) atoms. The summed E-state index contributed by atoms with van der Waals surface area (Å²) in [6, 6.07) is 14.3. The lowest BCUT2D eigenvalue weighted by atomic mass is 10.0. The molecule has 100 valence electrons. The Balaban J connectivity index is 1.69. The average molecular weight is 265 g/mol. The van der Waals surface area contributed by atoms with Crippen molar-refractivity contribution in [3.63, 3.8) is 0 Å². The molecule has 2 aromatic rings. The number of nitrogens with one attached hydrogen (secondary N) is 3. The molecule has 4 rings (SSSR count). The van der Waals surface area contributed by atoms with Crippen LogP contribution in [-0.4, -0.2) is 5.91 Å². The zero-order valence-corrected chi connectivity index (χ0v) is 11.1. The van der Waals surface area contributed by atoms with Gasteiger partial charge >= 0.3 is 0 Å². The Morgan fingerprint density at radius 1 is 0.950 bits per heavy atom. The molecule has 0 saturated carbocycles. The zero-order valence-electron chi connectivity index (χ0n) is 11.1. The van der Waals surface area contributed by atoms with E-state index in [4.69, 9.17) is 0 Å². The largest absolute Gasteiger partial charge is 0.360 e. The van der Waals surface area contributed by atoms with Gasteiger partial charge in [0.15, 0.2) is 0 Å². The van der Waals surface area contributed by atoms with Crippen LogP contribution >= 0.6 is 0 Å². The highest BCUT2D eigenvalue weighted by atomic mass is 16.2. The van der Waals surface area contributed by atoms with Crippen molar-refractivity contribution in [2.45, 2.75) is 19.0 Å². The van der Waals surface area contributed by atoms with E-state index in [2.05, 4.69) is 34.1 Å². The number of rotatable bonds is 1. The molecule has 4 heteroatoms. The molecule has 0 aromatic heterocycles. The van der Waals surface area contributed by atoms with Crippen molar-refractivity contribution < 1.29 is 4.79 Å². The van der Waals surface area contributed by atoms with Crippen LogP contribution in [0.4, 0.5) is 17.1 Å². The molecule has 2 aliphatic rings. The van der Waals surface area contributed by atoms with E-state index in [0.29, 0.717) is 0 Å². The van der Waals surface area contributed by atoms with E-state index in [1.807, 2.05) is 31.2 Å². The van der Waals surface area contributed by atoms with E-state index in [0.717, 1.165) is 22.6 Å².